The van der Waals surface area contributed by atoms with Crippen LogP contribution in [0.3, 0.4) is 0 Å². The first-order valence-electron chi connectivity index (χ1n) is 16.4. The maximum absolute atomic E-state index is 12.3. The Morgan fingerprint density at radius 2 is 0.919 bits per heavy atom. The van der Waals surface area contributed by atoms with Crippen LogP contribution in [0, 0.1) is 5.92 Å². The van der Waals surface area contributed by atoms with Gasteiger partial charge >= 0.3 is 11.9 Å². The average Bonchev–Trinajstić information content (AvgIpc) is 2.85. The number of unbranched alkanes of at least 4 members (excludes halogenated alkanes) is 18. The van der Waals surface area contributed by atoms with Gasteiger partial charge in [0.1, 0.15) is 6.10 Å². The number of rotatable bonds is 29. The van der Waals surface area contributed by atoms with Gasteiger partial charge in [0.05, 0.1) is 0 Å². The van der Waals surface area contributed by atoms with E-state index >= 15 is 0 Å². The largest absolute Gasteiger partial charge is 0.481 e. The number of carboxylic acid groups (broad SMARTS) is 1. The van der Waals surface area contributed by atoms with Gasteiger partial charge in [0.15, 0.2) is 0 Å². The van der Waals surface area contributed by atoms with Crippen LogP contribution in [0.1, 0.15) is 188 Å². The Morgan fingerprint density at radius 1 is 0.541 bits per heavy atom. The van der Waals surface area contributed by atoms with E-state index in [1.165, 1.54) is 116 Å². The summed E-state index contributed by atoms with van der Waals surface area (Å²) < 4.78 is 5.84. The highest BCUT2D eigenvalue weighted by molar-refractivity contribution is 5.70. The Balaban J connectivity index is 3.91. The number of hydrogen-bond donors (Lipinski definition) is 1. The fraction of sp³-hybridized carbons (Fsp3) is 0.939. The lowest BCUT2D eigenvalue weighted by molar-refractivity contribution is -0.150. The molecule has 4 nitrogen and oxygen atoms in total. The molecule has 0 aliphatic heterocycles. The second-order valence-electron chi connectivity index (χ2n) is 11.8. The SMILES string of the molecule is CCCCCCCCCCCCCCCCCC(CCCCCCC(C)C)OC(=O)CCCCC(=O)O. The minimum Gasteiger partial charge on any atom is -0.481 e. The Bertz CT molecular complexity index is 503. The van der Waals surface area contributed by atoms with E-state index in [9.17, 15) is 9.59 Å². The van der Waals surface area contributed by atoms with Crippen LogP contribution in [0.25, 0.3) is 0 Å². The molecule has 0 fully saturated rings. The molecule has 0 amide bonds. The maximum atomic E-state index is 12.3. The van der Waals surface area contributed by atoms with Crippen LogP contribution in [0.15, 0.2) is 0 Å². The Morgan fingerprint density at radius 3 is 1.32 bits per heavy atom. The van der Waals surface area contributed by atoms with Gasteiger partial charge in [0.2, 0.25) is 0 Å². The molecule has 0 radical (unpaired) electrons. The third-order valence-electron chi connectivity index (χ3n) is 7.51. The Labute approximate surface area is 231 Å². The molecule has 0 aliphatic carbocycles. The van der Waals surface area contributed by atoms with Gasteiger partial charge < -0.3 is 9.84 Å². The lowest BCUT2D eigenvalue weighted by Gasteiger charge is -2.18. The summed E-state index contributed by atoms with van der Waals surface area (Å²) in [6.07, 6.45) is 30.3. The number of carbonyl (C=O) groups is 2. The summed E-state index contributed by atoms with van der Waals surface area (Å²) in [5, 5.41) is 8.76. The molecule has 0 heterocycles. The predicted octanol–water partition coefficient (Wildman–Crippen LogP) is 10.8. The van der Waals surface area contributed by atoms with Crippen LogP contribution in [0.4, 0.5) is 0 Å². The van der Waals surface area contributed by atoms with Crippen molar-refractivity contribution in [1.82, 2.24) is 0 Å². The van der Waals surface area contributed by atoms with Crippen LogP contribution in [0.2, 0.25) is 0 Å². The van der Waals surface area contributed by atoms with Crippen molar-refractivity contribution in [1.29, 1.82) is 0 Å². The van der Waals surface area contributed by atoms with Crippen LogP contribution >= 0.6 is 0 Å². The van der Waals surface area contributed by atoms with E-state index < -0.39 is 5.97 Å². The second kappa shape index (κ2) is 28.0. The summed E-state index contributed by atoms with van der Waals surface area (Å²) in [7, 11) is 0. The number of carboxylic acids is 1. The standard InChI is InChI=1S/C33H64O4/c1-4-5-6-7-8-9-10-11-12-13-14-15-16-17-21-26-31(27-22-19-18-20-25-30(2)3)37-33(36)29-24-23-28-32(34)35/h30-31H,4-29H2,1-3H3,(H,34,35). The van der Waals surface area contributed by atoms with E-state index in [0.29, 0.717) is 19.3 Å². The molecule has 0 aliphatic rings. The molecule has 4 heteroatoms. The highest BCUT2D eigenvalue weighted by Gasteiger charge is 2.14. The molecule has 0 rings (SSSR count). The van der Waals surface area contributed by atoms with Gasteiger partial charge in [-0.15, -0.1) is 0 Å². The molecule has 1 N–H and O–H groups in total. The fourth-order valence-electron chi connectivity index (χ4n) is 5.07. The normalized spacial score (nSPS) is 12.2. The summed E-state index contributed by atoms with van der Waals surface area (Å²) in [6, 6.07) is 0. The van der Waals surface area contributed by atoms with E-state index in [1.54, 1.807) is 0 Å². The summed E-state index contributed by atoms with van der Waals surface area (Å²) >= 11 is 0. The van der Waals surface area contributed by atoms with E-state index in [-0.39, 0.29) is 18.5 Å². The summed E-state index contributed by atoms with van der Waals surface area (Å²) in [5.41, 5.74) is 0. The van der Waals surface area contributed by atoms with Gasteiger partial charge in [-0.1, -0.05) is 136 Å². The quantitative estimate of drug-likeness (QED) is 0.0780. The first kappa shape index (κ1) is 35.9. The summed E-state index contributed by atoms with van der Waals surface area (Å²) in [6.45, 7) is 6.84. The van der Waals surface area contributed by atoms with Crippen molar-refractivity contribution in [2.45, 2.75) is 194 Å². The maximum Gasteiger partial charge on any atom is 0.306 e. The van der Waals surface area contributed by atoms with E-state index in [1.807, 2.05) is 0 Å². The summed E-state index contributed by atoms with van der Waals surface area (Å²) in [4.78, 5) is 23.0. The van der Waals surface area contributed by atoms with Crippen molar-refractivity contribution in [3.63, 3.8) is 0 Å². The van der Waals surface area contributed by atoms with E-state index in [4.69, 9.17) is 9.84 Å². The lowest BCUT2D eigenvalue weighted by atomic mass is 10.00. The van der Waals surface area contributed by atoms with Crippen molar-refractivity contribution in [2.75, 3.05) is 0 Å². The van der Waals surface area contributed by atoms with Gasteiger partial charge in [-0.2, -0.15) is 0 Å². The number of esters is 1. The molecule has 1 unspecified atom stereocenters. The molecule has 37 heavy (non-hydrogen) atoms. The topological polar surface area (TPSA) is 63.6 Å². The molecular weight excluding hydrogens is 460 g/mol. The molecule has 0 aromatic rings. The zero-order valence-corrected chi connectivity index (χ0v) is 25.2. The highest BCUT2D eigenvalue weighted by atomic mass is 16.5. The molecular formula is C33H64O4. The third kappa shape index (κ3) is 29.4. The molecule has 0 aromatic carbocycles. The molecule has 0 aromatic heterocycles. The van der Waals surface area contributed by atoms with Crippen molar-refractivity contribution >= 4 is 11.9 Å². The molecule has 1 atom stereocenters. The average molecular weight is 525 g/mol. The first-order chi connectivity index (χ1) is 18.0. The van der Waals surface area contributed by atoms with Gasteiger partial charge in [-0.05, 0) is 44.4 Å². The van der Waals surface area contributed by atoms with Gasteiger partial charge in [-0.25, -0.2) is 0 Å². The van der Waals surface area contributed by atoms with Crippen LogP contribution in [0.5, 0.6) is 0 Å². The van der Waals surface area contributed by atoms with Gasteiger partial charge in [0.25, 0.3) is 0 Å². The fourth-order valence-corrected chi connectivity index (χ4v) is 5.07. The number of carbonyl (C=O) groups excluding carboxylic acids is 1. The van der Waals surface area contributed by atoms with Crippen molar-refractivity contribution in [3.8, 4) is 0 Å². The van der Waals surface area contributed by atoms with Crippen molar-refractivity contribution < 1.29 is 19.4 Å². The van der Waals surface area contributed by atoms with Crippen LogP contribution in [-0.2, 0) is 14.3 Å². The number of hydrogen-bond acceptors (Lipinski definition) is 3. The summed E-state index contributed by atoms with van der Waals surface area (Å²) in [5.74, 6) is -0.159. The minimum atomic E-state index is -0.795. The van der Waals surface area contributed by atoms with E-state index in [0.717, 1.165) is 31.6 Å². The molecule has 220 valence electrons. The van der Waals surface area contributed by atoms with Crippen LogP contribution < -0.4 is 0 Å². The molecule has 0 bridgehead atoms. The predicted molar refractivity (Wildman–Crippen MR) is 158 cm³/mol. The van der Waals surface area contributed by atoms with Crippen molar-refractivity contribution in [3.05, 3.63) is 0 Å². The van der Waals surface area contributed by atoms with Gasteiger partial charge in [0, 0.05) is 12.8 Å². The number of aliphatic carboxylic acids is 1. The zero-order chi connectivity index (χ0) is 27.4. The zero-order valence-electron chi connectivity index (χ0n) is 25.2. The first-order valence-corrected chi connectivity index (χ1v) is 16.4. The van der Waals surface area contributed by atoms with Crippen LogP contribution in [-0.4, -0.2) is 23.1 Å². The minimum absolute atomic E-state index is 0.0408. The Kier molecular flexibility index (Phi) is 27.2. The van der Waals surface area contributed by atoms with Crippen molar-refractivity contribution in [2.24, 2.45) is 5.92 Å². The van der Waals surface area contributed by atoms with E-state index in [2.05, 4.69) is 20.8 Å². The third-order valence-corrected chi connectivity index (χ3v) is 7.51. The number of ether oxygens (including phenoxy) is 1. The lowest BCUT2D eigenvalue weighted by Crippen LogP contribution is -2.18. The monoisotopic (exact) mass is 524 g/mol. The smallest absolute Gasteiger partial charge is 0.306 e. The Hall–Kier alpha value is -1.06. The molecule has 0 saturated heterocycles. The second-order valence-corrected chi connectivity index (χ2v) is 11.8. The molecule has 0 spiro atoms. The molecule has 0 saturated carbocycles. The highest BCUT2D eigenvalue weighted by Crippen LogP contribution is 2.19. The van der Waals surface area contributed by atoms with Gasteiger partial charge in [-0.3, -0.25) is 9.59 Å².